The van der Waals surface area contributed by atoms with Crippen LogP contribution in [0.5, 0.6) is 11.6 Å². The van der Waals surface area contributed by atoms with Crippen molar-refractivity contribution in [1.82, 2.24) is 25.3 Å². The molecule has 0 aliphatic rings. The standard InChI is InChI=1S/C12H11N5O/c1-8-3-4-10(7-9(8)2)18-12-6-5-11-13-15-16-17(11)14-12/h3-7H,1-2H3. The van der Waals surface area contributed by atoms with Crippen molar-refractivity contribution in [3.8, 4) is 11.6 Å². The third-order valence-corrected chi connectivity index (χ3v) is 2.75. The molecular weight excluding hydrogens is 230 g/mol. The van der Waals surface area contributed by atoms with Gasteiger partial charge in [-0.15, -0.1) is 14.8 Å². The van der Waals surface area contributed by atoms with Gasteiger partial charge in [0.2, 0.25) is 5.88 Å². The van der Waals surface area contributed by atoms with Crippen molar-refractivity contribution >= 4 is 5.65 Å². The second-order valence-electron chi connectivity index (χ2n) is 4.05. The number of tetrazole rings is 1. The Balaban J connectivity index is 1.92. The lowest BCUT2D eigenvalue weighted by Gasteiger charge is -2.06. The summed E-state index contributed by atoms with van der Waals surface area (Å²) >= 11 is 0. The Labute approximate surface area is 103 Å². The summed E-state index contributed by atoms with van der Waals surface area (Å²) in [6.07, 6.45) is 0. The van der Waals surface area contributed by atoms with Gasteiger partial charge in [-0.05, 0) is 53.6 Å². The average molecular weight is 241 g/mol. The van der Waals surface area contributed by atoms with E-state index in [9.17, 15) is 0 Å². The zero-order chi connectivity index (χ0) is 12.5. The Bertz CT molecular complexity index is 707. The first-order chi connectivity index (χ1) is 8.72. The fourth-order valence-corrected chi connectivity index (χ4v) is 1.59. The number of ether oxygens (including phenoxy) is 1. The maximum absolute atomic E-state index is 5.66. The fraction of sp³-hybridized carbons (Fsp3) is 0.167. The van der Waals surface area contributed by atoms with Crippen molar-refractivity contribution in [2.24, 2.45) is 0 Å². The van der Waals surface area contributed by atoms with Gasteiger partial charge in [-0.2, -0.15) is 0 Å². The molecule has 2 heterocycles. The lowest BCUT2D eigenvalue weighted by atomic mass is 10.1. The van der Waals surface area contributed by atoms with Crippen LogP contribution < -0.4 is 4.74 Å². The number of fused-ring (bicyclic) bond motifs is 1. The molecule has 0 spiro atoms. The third-order valence-electron chi connectivity index (χ3n) is 2.75. The summed E-state index contributed by atoms with van der Waals surface area (Å²) in [6, 6.07) is 9.39. The number of hydrogen-bond donors (Lipinski definition) is 0. The van der Waals surface area contributed by atoms with Gasteiger partial charge < -0.3 is 4.74 Å². The maximum atomic E-state index is 5.66. The van der Waals surface area contributed by atoms with Crippen LogP contribution in [0, 0.1) is 13.8 Å². The van der Waals surface area contributed by atoms with Crippen molar-refractivity contribution < 1.29 is 4.74 Å². The van der Waals surface area contributed by atoms with Crippen LogP contribution in [-0.2, 0) is 0 Å². The van der Waals surface area contributed by atoms with Gasteiger partial charge in [0.1, 0.15) is 5.75 Å². The predicted molar refractivity (Wildman–Crippen MR) is 64.6 cm³/mol. The second kappa shape index (κ2) is 4.06. The average Bonchev–Trinajstić information content (AvgIpc) is 2.81. The molecule has 0 N–H and O–H groups in total. The highest BCUT2D eigenvalue weighted by Gasteiger charge is 2.03. The second-order valence-corrected chi connectivity index (χ2v) is 4.05. The quantitative estimate of drug-likeness (QED) is 0.685. The monoisotopic (exact) mass is 241 g/mol. The van der Waals surface area contributed by atoms with E-state index in [0.29, 0.717) is 11.5 Å². The molecule has 6 nitrogen and oxygen atoms in total. The summed E-state index contributed by atoms with van der Waals surface area (Å²) < 4.78 is 6.99. The molecule has 0 amide bonds. The molecule has 0 atom stereocenters. The molecular formula is C12H11N5O. The zero-order valence-corrected chi connectivity index (χ0v) is 10.0. The molecule has 2 aromatic heterocycles. The van der Waals surface area contributed by atoms with Crippen molar-refractivity contribution in [3.05, 3.63) is 41.5 Å². The summed E-state index contributed by atoms with van der Waals surface area (Å²) in [5, 5.41) is 15.2. The molecule has 0 unspecified atom stereocenters. The lowest BCUT2D eigenvalue weighted by molar-refractivity contribution is 0.446. The number of rotatable bonds is 2. The minimum Gasteiger partial charge on any atom is -0.438 e. The van der Waals surface area contributed by atoms with E-state index in [1.54, 1.807) is 12.1 Å². The molecule has 0 fully saturated rings. The van der Waals surface area contributed by atoms with Crippen LogP contribution in [0.4, 0.5) is 0 Å². The van der Waals surface area contributed by atoms with Crippen molar-refractivity contribution in [1.29, 1.82) is 0 Å². The Kier molecular flexibility index (Phi) is 2.40. The van der Waals surface area contributed by atoms with Crippen molar-refractivity contribution in [3.63, 3.8) is 0 Å². The van der Waals surface area contributed by atoms with Crippen LogP contribution in [-0.4, -0.2) is 25.3 Å². The molecule has 0 saturated carbocycles. The molecule has 0 aliphatic carbocycles. The highest BCUT2D eigenvalue weighted by molar-refractivity contribution is 5.38. The summed E-state index contributed by atoms with van der Waals surface area (Å²) in [5.41, 5.74) is 2.99. The highest BCUT2D eigenvalue weighted by atomic mass is 16.5. The Hall–Kier alpha value is -2.50. The number of benzene rings is 1. The topological polar surface area (TPSA) is 65.2 Å². The molecule has 18 heavy (non-hydrogen) atoms. The summed E-state index contributed by atoms with van der Waals surface area (Å²) in [6.45, 7) is 4.10. The third kappa shape index (κ3) is 1.88. The van der Waals surface area contributed by atoms with Crippen LogP contribution >= 0.6 is 0 Å². The largest absolute Gasteiger partial charge is 0.438 e. The fourth-order valence-electron chi connectivity index (χ4n) is 1.59. The molecule has 1 aromatic carbocycles. The summed E-state index contributed by atoms with van der Waals surface area (Å²) in [5.74, 6) is 1.20. The van der Waals surface area contributed by atoms with E-state index in [1.807, 2.05) is 25.1 Å². The van der Waals surface area contributed by atoms with Gasteiger partial charge in [-0.25, -0.2) is 0 Å². The predicted octanol–water partition coefficient (Wildman–Crippen LogP) is 1.93. The van der Waals surface area contributed by atoms with Gasteiger partial charge in [0.25, 0.3) is 0 Å². The van der Waals surface area contributed by atoms with Gasteiger partial charge >= 0.3 is 0 Å². The smallest absolute Gasteiger partial charge is 0.239 e. The number of aryl methyl sites for hydroxylation is 2. The molecule has 0 radical (unpaired) electrons. The van der Waals surface area contributed by atoms with E-state index in [2.05, 4.69) is 27.5 Å². The minimum absolute atomic E-state index is 0.457. The zero-order valence-electron chi connectivity index (χ0n) is 10.0. The molecule has 0 saturated heterocycles. The first kappa shape index (κ1) is 10.6. The van der Waals surface area contributed by atoms with E-state index in [-0.39, 0.29) is 0 Å². The van der Waals surface area contributed by atoms with Crippen LogP contribution in [0.3, 0.4) is 0 Å². The molecule has 0 aliphatic heterocycles. The molecule has 3 aromatic rings. The first-order valence-corrected chi connectivity index (χ1v) is 5.53. The summed E-state index contributed by atoms with van der Waals surface area (Å²) in [7, 11) is 0. The van der Waals surface area contributed by atoms with Crippen molar-refractivity contribution in [2.75, 3.05) is 0 Å². The lowest BCUT2D eigenvalue weighted by Crippen LogP contribution is -1.97. The highest BCUT2D eigenvalue weighted by Crippen LogP contribution is 2.21. The number of nitrogens with zero attached hydrogens (tertiary/aromatic N) is 5. The minimum atomic E-state index is 0.457. The van der Waals surface area contributed by atoms with Gasteiger partial charge in [0.05, 0.1) is 0 Å². The molecule has 90 valence electrons. The number of aromatic nitrogens is 5. The molecule has 6 heteroatoms. The van der Waals surface area contributed by atoms with Gasteiger partial charge in [-0.3, -0.25) is 0 Å². The van der Waals surface area contributed by atoms with E-state index < -0.39 is 0 Å². The SMILES string of the molecule is Cc1ccc(Oc2ccc3nnnn3n2)cc1C. The van der Waals surface area contributed by atoms with Crippen LogP contribution in [0.15, 0.2) is 30.3 Å². The first-order valence-electron chi connectivity index (χ1n) is 5.53. The van der Waals surface area contributed by atoms with E-state index in [0.717, 1.165) is 5.75 Å². The van der Waals surface area contributed by atoms with Crippen molar-refractivity contribution in [2.45, 2.75) is 13.8 Å². The van der Waals surface area contributed by atoms with Gasteiger partial charge in [0, 0.05) is 6.07 Å². The van der Waals surface area contributed by atoms with E-state index >= 15 is 0 Å². The number of hydrogen-bond acceptors (Lipinski definition) is 5. The summed E-state index contributed by atoms with van der Waals surface area (Å²) in [4.78, 5) is 0. The van der Waals surface area contributed by atoms with E-state index in [4.69, 9.17) is 4.74 Å². The normalized spacial score (nSPS) is 10.8. The Morgan fingerprint density at radius 3 is 2.78 bits per heavy atom. The Morgan fingerprint density at radius 2 is 1.94 bits per heavy atom. The van der Waals surface area contributed by atoms with Gasteiger partial charge in [-0.1, -0.05) is 6.07 Å². The van der Waals surface area contributed by atoms with E-state index in [1.165, 1.54) is 15.8 Å². The van der Waals surface area contributed by atoms with Gasteiger partial charge in [0.15, 0.2) is 5.65 Å². The molecule has 3 rings (SSSR count). The maximum Gasteiger partial charge on any atom is 0.239 e. The van der Waals surface area contributed by atoms with Crippen LogP contribution in [0.25, 0.3) is 5.65 Å². The molecule has 0 bridgehead atoms. The Morgan fingerprint density at radius 1 is 1.06 bits per heavy atom. The van der Waals surface area contributed by atoms with Crippen LogP contribution in [0.1, 0.15) is 11.1 Å². The van der Waals surface area contributed by atoms with Crippen LogP contribution in [0.2, 0.25) is 0 Å².